The lowest BCUT2D eigenvalue weighted by Gasteiger charge is -2.20. The van der Waals surface area contributed by atoms with E-state index >= 15 is 0 Å². The standard InChI is InChI=1S/C14H17F2NO2/c1-13(2,3)19-12(18)17-11-8-14(11,16)9-4-6-10(15)7-5-9/h4-7,11H,8H2,1-3H3,(H,17,18)/t11-,14-/m1/s1. The molecule has 1 aromatic carbocycles. The number of alkyl halides is 1. The number of ether oxygens (including phenoxy) is 1. The second-order valence-corrected chi connectivity index (χ2v) is 5.77. The van der Waals surface area contributed by atoms with Gasteiger partial charge in [-0.05, 0) is 38.5 Å². The number of amides is 1. The summed E-state index contributed by atoms with van der Waals surface area (Å²) in [5.41, 5.74) is -1.87. The summed E-state index contributed by atoms with van der Waals surface area (Å²) in [7, 11) is 0. The molecule has 5 heteroatoms. The van der Waals surface area contributed by atoms with E-state index in [0.717, 1.165) is 0 Å². The Balaban J connectivity index is 1.96. The molecule has 1 fully saturated rings. The Bertz CT molecular complexity index is 481. The summed E-state index contributed by atoms with van der Waals surface area (Å²) in [5, 5.41) is 2.48. The summed E-state index contributed by atoms with van der Waals surface area (Å²) in [6, 6.07) is 4.59. The highest BCUT2D eigenvalue weighted by Gasteiger charge is 2.58. The molecule has 2 rings (SSSR count). The monoisotopic (exact) mass is 269 g/mol. The van der Waals surface area contributed by atoms with E-state index in [0.29, 0.717) is 5.56 Å². The van der Waals surface area contributed by atoms with E-state index in [1.54, 1.807) is 20.8 Å². The molecule has 0 spiro atoms. The summed E-state index contributed by atoms with van der Waals surface area (Å²) in [6.45, 7) is 5.21. The van der Waals surface area contributed by atoms with Crippen LogP contribution < -0.4 is 5.32 Å². The Hall–Kier alpha value is -1.65. The topological polar surface area (TPSA) is 38.3 Å². The maximum Gasteiger partial charge on any atom is 0.407 e. The van der Waals surface area contributed by atoms with Crippen molar-refractivity contribution in [2.45, 2.75) is 44.5 Å². The van der Waals surface area contributed by atoms with E-state index < -0.39 is 29.2 Å². The number of hydrogen-bond acceptors (Lipinski definition) is 2. The Morgan fingerprint density at radius 1 is 1.37 bits per heavy atom. The molecule has 0 aromatic heterocycles. The van der Waals surface area contributed by atoms with E-state index in [2.05, 4.69) is 5.32 Å². The van der Waals surface area contributed by atoms with Gasteiger partial charge >= 0.3 is 6.09 Å². The lowest BCUT2D eigenvalue weighted by molar-refractivity contribution is 0.0511. The van der Waals surface area contributed by atoms with Gasteiger partial charge < -0.3 is 10.1 Å². The average molecular weight is 269 g/mol. The Kier molecular flexibility index (Phi) is 3.24. The van der Waals surface area contributed by atoms with Crippen molar-refractivity contribution in [1.29, 1.82) is 0 Å². The fraction of sp³-hybridized carbons (Fsp3) is 0.500. The first-order valence-electron chi connectivity index (χ1n) is 6.15. The lowest BCUT2D eigenvalue weighted by atomic mass is 10.1. The highest BCUT2D eigenvalue weighted by Crippen LogP contribution is 2.49. The summed E-state index contributed by atoms with van der Waals surface area (Å²) in [4.78, 5) is 11.5. The van der Waals surface area contributed by atoms with Gasteiger partial charge in [0.2, 0.25) is 0 Å². The Morgan fingerprint density at radius 2 is 1.95 bits per heavy atom. The minimum Gasteiger partial charge on any atom is -0.444 e. The van der Waals surface area contributed by atoms with Gasteiger partial charge in [-0.2, -0.15) is 0 Å². The fourth-order valence-corrected chi connectivity index (χ4v) is 1.90. The largest absolute Gasteiger partial charge is 0.444 e. The van der Waals surface area contributed by atoms with Crippen LogP contribution in [-0.2, 0) is 10.4 Å². The van der Waals surface area contributed by atoms with Gasteiger partial charge in [-0.3, -0.25) is 0 Å². The molecule has 1 N–H and O–H groups in total. The minimum absolute atomic E-state index is 0.178. The number of hydrogen-bond donors (Lipinski definition) is 1. The molecule has 1 amide bonds. The predicted octanol–water partition coefficient (Wildman–Crippen LogP) is 3.29. The van der Waals surface area contributed by atoms with Crippen molar-refractivity contribution in [1.82, 2.24) is 5.32 Å². The maximum absolute atomic E-state index is 14.4. The summed E-state index contributed by atoms with van der Waals surface area (Å²) in [5.74, 6) is -0.412. The molecule has 1 aliphatic carbocycles. The number of alkyl carbamates (subject to hydrolysis) is 1. The van der Waals surface area contributed by atoms with Crippen molar-refractivity contribution in [3.8, 4) is 0 Å². The first-order valence-corrected chi connectivity index (χ1v) is 6.15. The molecule has 2 atom stereocenters. The first kappa shape index (κ1) is 13.8. The van der Waals surface area contributed by atoms with Gasteiger partial charge in [0, 0.05) is 6.42 Å². The second kappa shape index (κ2) is 4.47. The highest BCUT2D eigenvalue weighted by molar-refractivity contribution is 5.69. The first-order chi connectivity index (χ1) is 8.71. The number of halogens is 2. The third-order valence-corrected chi connectivity index (χ3v) is 2.91. The van der Waals surface area contributed by atoms with Crippen molar-refractivity contribution in [3.05, 3.63) is 35.6 Å². The molecule has 1 aromatic rings. The van der Waals surface area contributed by atoms with Crippen molar-refractivity contribution in [2.75, 3.05) is 0 Å². The van der Waals surface area contributed by atoms with Gasteiger partial charge in [-0.25, -0.2) is 13.6 Å². The lowest BCUT2D eigenvalue weighted by Crippen LogP contribution is -2.35. The van der Waals surface area contributed by atoms with Crippen LogP contribution in [0.15, 0.2) is 24.3 Å². The van der Waals surface area contributed by atoms with Crippen LogP contribution in [0.1, 0.15) is 32.8 Å². The Morgan fingerprint density at radius 3 is 2.47 bits per heavy atom. The smallest absolute Gasteiger partial charge is 0.407 e. The SMILES string of the molecule is CC(C)(C)OC(=O)N[C@@H]1C[C@@]1(F)c1ccc(F)cc1. The van der Waals surface area contributed by atoms with Crippen LogP contribution in [0.2, 0.25) is 0 Å². The second-order valence-electron chi connectivity index (χ2n) is 5.77. The molecule has 1 aliphatic rings. The molecule has 0 aliphatic heterocycles. The van der Waals surface area contributed by atoms with E-state index in [1.165, 1.54) is 24.3 Å². The fourth-order valence-electron chi connectivity index (χ4n) is 1.90. The zero-order chi connectivity index (χ0) is 14.3. The highest BCUT2D eigenvalue weighted by atomic mass is 19.1. The molecule has 0 bridgehead atoms. The molecular weight excluding hydrogens is 252 g/mol. The van der Waals surface area contributed by atoms with E-state index in [4.69, 9.17) is 4.74 Å². The zero-order valence-corrected chi connectivity index (χ0v) is 11.2. The van der Waals surface area contributed by atoms with Crippen LogP contribution in [-0.4, -0.2) is 17.7 Å². The van der Waals surface area contributed by atoms with Gasteiger partial charge in [-0.1, -0.05) is 12.1 Å². The van der Waals surface area contributed by atoms with Gasteiger partial charge in [0.1, 0.15) is 11.4 Å². The van der Waals surface area contributed by atoms with Gasteiger partial charge in [0.25, 0.3) is 0 Å². The van der Waals surface area contributed by atoms with Crippen molar-refractivity contribution in [2.24, 2.45) is 0 Å². The average Bonchev–Trinajstić information content (AvgIpc) is 2.88. The molecular formula is C14H17F2NO2. The van der Waals surface area contributed by atoms with Crippen molar-refractivity contribution < 1.29 is 18.3 Å². The third kappa shape index (κ3) is 3.22. The van der Waals surface area contributed by atoms with Crippen LogP contribution >= 0.6 is 0 Å². The van der Waals surface area contributed by atoms with Gasteiger partial charge in [0.05, 0.1) is 6.04 Å². The molecule has 0 saturated heterocycles. The molecule has 3 nitrogen and oxygen atoms in total. The van der Waals surface area contributed by atoms with Crippen LogP contribution in [0.3, 0.4) is 0 Å². The van der Waals surface area contributed by atoms with Crippen molar-refractivity contribution in [3.63, 3.8) is 0 Å². The van der Waals surface area contributed by atoms with Crippen molar-refractivity contribution >= 4 is 6.09 Å². The normalized spacial score (nSPS) is 25.8. The van der Waals surface area contributed by atoms with Gasteiger partial charge in [-0.15, -0.1) is 0 Å². The van der Waals surface area contributed by atoms with Crippen LogP contribution in [0.25, 0.3) is 0 Å². The number of nitrogens with one attached hydrogen (secondary N) is 1. The van der Waals surface area contributed by atoms with Crippen LogP contribution in [0.5, 0.6) is 0 Å². The van der Waals surface area contributed by atoms with Crippen LogP contribution in [0.4, 0.5) is 13.6 Å². The molecule has 104 valence electrons. The summed E-state index contributed by atoms with van der Waals surface area (Å²) in [6.07, 6.45) is -0.461. The molecule has 0 unspecified atom stereocenters. The minimum atomic E-state index is -1.62. The van der Waals surface area contributed by atoms with Crippen LogP contribution in [0, 0.1) is 5.82 Å². The summed E-state index contributed by atoms with van der Waals surface area (Å²) >= 11 is 0. The van der Waals surface area contributed by atoms with E-state index in [1.807, 2.05) is 0 Å². The molecule has 0 heterocycles. The number of carbonyl (C=O) groups excluding carboxylic acids is 1. The predicted molar refractivity (Wildman–Crippen MR) is 67.0 cm³/mol. The zero-order valence-electron chi connectivity index (χ0n) is 11.2. The quantitative estimate of drug-likeness (QED) is 0.894. The summed E-state index contributed by atoms with van der Waals surface area (Å²) < 4.78 is 32.3. The Labute approximate surface area is 111 Å². The number of benzene rings is 1. The van der Waals surface area contributed by atoms with E-state index in [9.17, 15) is 13.6 Å². The molecule has 0 radical (unpaired) electrons. The number of carbonyl (C=O) groups is 1. The van der Waals surface area contributed by atoms with Gasteiger partial charge in [0.15, 0.2) is 5.67 Å². The molecule has 1 saturated carbocycles. The third-order valence-electron chi connectivity index (χ3n) is 2.91. The molecule has 19 heavy (non-hydrogen) atoms. The number of rotatable bonds is 2. The van der Waals surface area contributed by atoms with E-state index in [-0.39, 0.29) is 6.42 Å². The maximum atomic E-state index is 14.4.